The molecule has 0 aromatic heterocycles. The summed E-state index contributed by atoms with van der Waals surface area (Å²) in [4.78, 5) is 0. The van der Waals surface area contributed by atoms with Crippen molar-refractivity contribution in [1.29, 1.82) is 0 Å². The van der Waals surface area contributed by atoms with Gasteiger partial charge in [0.25, 0.3) is 10.2 Å². The lowest BCUT2D eigenvalue weighted by Crippen LogP contribution is -2.50. The smallest absolute Gasteiger partial charge is 0.281 e. The van der Waals surface area contributed by atoms with Gasteiger partial charge in [-0.05, 0) is 56.9 Å². The Hall–Kier alpha value is -0.170. The van der Waals surface area contributed by atoms with Gasteiger partial charge >= 0.3 is 0 Å². The molecule has 6 heteroatoms. The second-order valence-corrected chi connectivity index (χ2v) is 9.04. The minimum absolute atomic E-state index is 0.651. The van der Waals surface area contributed by atoms with Crippen LogP contribution in [0.1, 0.15) is 45.4 Å². The number of hydrogen-bond acceptors (Lipinski definition) is 3. The van der Waals surface area contributed by atoms with Crippen LogP contribution < -0.4 is 5.32 Å². The Balaban J connectivity index is 1.48. The van der Waals surface area contributed by atoms with E-state index in [1.54, 1.807) is 8.61 Å². The third kappa shape index (κ3) is 3.97. The number of hydrogen-bond donors (Lipinski definition) is 1. The molecule has 2 aliphatic heterocycles. The standard InChI is InChI=1S/C15H29N3O2S/c1-13-4-8-17(9-5-13)21(19,20)18-10-6-14(7-11-18)12-16-15-2-3-15/h13-16H,2-12H2,1H3. The van der Waals surface area contributed by atoms with Crippen LogP contribution in [0.3, 0.4) is 0 Å². The first-order chi connectivity index (χ1) is 10.1. The topological polar surface area (TPSA) is 52.7 Å². The lowest BCUT2D eigenvalue weighted by Gasteiger charge is -2.37. The first-order valence-corrected chi connectivity index (χ1v) is 9.94. The quantitative estimate of drug-likeness (QED) is 0.835. The normalized spacial score (nSPS) is 28.0. The number of piperidine rings is 2. The molecule has 5 nitrogen and oxygen atoms in total. The maximum atomic E-state index is 12.7. The van der Waals surface area contributed by atoms with Crippen molar-refractivity contribution >= 4 is 10.2 Å². The van der Waals surface area contributed by atoms with Gasteiger partial charge in [0.1, 0.15) is 0 Å². The Bertz CT molecular complexity index is 434. The van der Waals surface area contributed by atoms with Crippen LogP contribution in [0.4, 0.5) is 0 Å². The third-order valence-corrected chi connectivity index (χ3v) is 7.28. The summed E-state index contributed by atoms with van der Waals surface area (Å²) in [6.45, 7) is 6.08. The van der Waals surface area contributed by atoms with Crippen molar-refractivity contribution in [3.63, 3.8) is 0 Å². The van der Waals surface area contributed by atoms with Crippen LogP contribution in [-0.4, -0.2) is 55.8 Å². The summed E-state index contributed by atoms with van der Waals surface area (Å²) >= 11 is 0. The van der Waals surface area contributed by atoms with Gasteiger partial charge in [0.15, 0.2) is 0 Å². The van der Waals surface area contributed by atoms with Gasteiger partial charge < -0.3 is 5.32 Å². The Morgan fingerprint density at radius 1 is 0.905 bits per heavy atom. The molecule has 0 atom stereocenters. The highest BCUT2D eigenvalue weighted by atomic mass is 32.2. The molecule has 1 aliphatic carbocycles. The molecule has 0 radical (unpaired) electrons. The molecule has 3 aliphatic rings. The molecule has 0 unspecified atom stereocenters. The molecule has 0 bridgehead atoms. The fourth-order valence-corrected chi connectivity index (χ4v) is 5.01. The SMILES string of the molecule is CC1CCN(S(=O)(=O)N2CCC(CNC3CC3)CC2)CC1. The van der Waals surface area contributed by atoms with E-state index in [9.17, 15) is 8.42 Å². The number of rotatable bonds is 5. The van der Waals surface area contributed by atoms with Crippen molar-refractivity contribution in [1.82, 2.24) is 13.9 Å². The summed E-state index contributed by atoms with van der Waals surface area (Å²) in [5, 5.41) is 3.57. The maximum Gasteiger partial charge on any atom is 0.281 e. The lowest BCUT2D eigenvalue weighted by atomic mass is 9.98. The molecule has 2 heterocycles. The summed E-state index contributed by atoms with van der Waals surface area (Å²) in [5.74, 6) is 1.31. The summed E-state index contributed by atoms with van der Waals surface area (Å²) in [6, 6.07) is 0.752. The van der Waals surface area contributed by atoms with E-state index >= 15 is 0 Å². The molecule has 1 N–H and O–H groups in total. The molecular formula is C15H29N3O2S. The minimum atomic E-state index is -3.20. The molecular weight excluding hydrogens is 286 g/mol. The third-order valence-electron chi connectivity index (χ3n) is 5.24. The van der Waals surface area contributed by atoms with Crippen LogP contribution in [0.25, 0.3) is 0 Å². The number of nitrogens with one attached hydrogen (secondary N) is 1. The molecule has 0 aromatic carbocycles. The van der Waals surface area contributed by atoms with Gasteiger partial charge in [-0.15, -0.1) is 0 Å². The first kappa shape index (κ1) is 15.7. The Kier molecular flexibility index (Phi) is 4.88. The van der Waals surface area contributed by atoms with Gasteiger partial charge in [-0.25, -0.2) is 0 Å². The van der Waals surface area contributed by atoms with Crippen LogP contribution >= 0.6 is 0 Å². The Morgan fingerprint density at radius 3 is 1.95 bits per heavy atom. The zero-order valence-corrected chi connectivity index (χ0v) is 13.9. The van der Waals surface area contributed by atoms with Gasteiger partial charge in [0.05, 0.1) is 0 Å². The molecule has 0 spiro atoms. The van der Waals surface area contributed by atoms with Crippen molar-refractivity contribution < 1.29 is 8.42 Å². The van der Waals surface area contributed by atoms with Gasteiger partial charge in [-0.2, -0.15) is 17.0 Å². The zero-order chi connectivity index (χ0) is 14.9. The van der Waals surface area contributed by atoms with E-state index in [1.165, 1.54) is 12.8 Å². The van der Waals surface area contributed by atoms with Gasteiger partial charge in [0.2, 0.25) is 0 Å². The summed E-state index contributed by atoms with van der Waals surface area (Å²) in [5.41, 5.74) is 0. The minimum Gasteiger partial charge on any atom is -0.314 e. The van der Waals surface area contributed by atoms with Crippen LogP contribution in [0.15, 0.2) is 0 Å². The Morgan fingerprint density at radius 2 is 1.43 bits per heavy atom. The lowest BCUT2D eigenvalue weighted by molar-refractivity contribution is 0.229. The maximum absolute atomic E-state index is 12.7. The van der Waals surface area contributed by atoms with Crippen molar-refractivity contribution in [3.05, 3.63) is 0 Å². The largest absolute Gasteiger partial charge is 0.314 e. The Labute approximate surface area is 129 Å². The van der Waals surface area contributed by atoms with Crippen LogP contribution in [0, 0.1) is 11.8 Å². The van der Waals surface area contributed by atoms with E-state index in [4.69, 9.17) is 0 Å². The van der Waals surface area contributed by atoms with Crippen LogP contribution in [-0.2, 0) is 10.2 Å². The van der Waals surface area contributed by atoms with E-state index in [2.05, 4.69) is 12.2 Å². The summed E-state index contributed by atoms with van der Waals surface area (Å²) < 4.78 is 28.8. The fraction of sp³-hybridized carbons (Fsp3) is 1.00. The van der Waals surface area contributed by atoms with Gasteiger partial charge in [-0.3, -0.25) is 0 Å². The zero-order valence-electron chi connectivity index (χ0n) is 13.1. The van der Waals surface area contributed by atoms with Crippen molar-refractivity contribution in [2.24, 2.45) is 11.8 Å². The van der Waals surface area contributed by atoms with Crippen LogP contribution in [0.5, 0.6) is 0 Å². The molecule has 2 saturated heterocycles. The monoisotopic (exact) mass is 315 g/mol. The van der Waals surface area contributed by atoms with E-state index in [-0.39, 0.29) is 0 Å². The molecule has 0 amide bonds. The highest BCUT2D eigenvalue weighted by Crippen LogP contribution is 2.26. The van der Waals surface area contributed by atoms with Crippen molar-refractivity contribution in [3.8, 4) is 0 Å². The molecule has 21 heavy (non-hydrogen) atoms. The second-order valence-electron chi connectivity index (χ2n) is 7.11. The summed E-state index contributed by atoms with van der Waals surface area (Å²) in [6.07, 6.45) is 6.65. The average Bonchev–Trinajstić information content (AvgIpc) is 3.30. The molecule has 3 rings (SSSR count). The van der Waals surface area contributed by atoms with E-state index in [0.29, 0.717) is 38.0 Å². The second kappa shape index (κ2) is 6.52. The van der Waals surface area contributed by atoms with Crippen molar-refractivity contribution in [2.45, 2.75) is 51.5 Å². The van der Waals surface area contributed by atoms with Gasteiger partial charge in [-0.1, -0.05) is 6.92 Å². The fourth-order valence-electron chi connectivity index (χ4n) is 3.34. The predicted molar refractivity (Wildman–Crippen MR) is 84.2 cm³/mol. The molecule has 1 saturated carbocycles. The summed E-state index contributed by atoms with van der Waals surface area (Å²) in [7, 11) is -3.20. The van der Waals surface area contributed by atoms with Gasteiger partial charge in [0, 0.05) is 32.2 Å². The predicted octanol–water partition coefficient (Wildman–Crippen LogP) is 1.43. The van der Waals surface area contributed by atoms with E-state index in [0.717, 1.165) is 38.3 Å². The van der Waals surface area contributed by atoms with Crippen molar-refractivity contribution in [2.75, 3.05) is 32.7 Å². The molecule has 122 valence electrons. The highest BCUT2D eigenvalue weighted by molar-refractivity contribution is 7.86. The molecule has 0 aromatic rings. The van der Waals surface area contributed by atoms with E-state index in [1.807, 2.05) is 0 Å². The first-order valence-electron chi connectivity index (χ1n) is 8.54. The van der Waals surface area contributed by atoms with Crippen LogP contribution in [0.2, 0.25) is 0 Å². The molecule has 3 fully saturated rings. The van der Waals surface area contributed by atoms with E-state index < -0.39 is 10.2 Å². The average molecular weight is 315 g/mol. The highest BCUT2D eigenvalue weighted by Gasteiger charge is 2.34. The number of nitrogens with zero attached hydrogens (tertiary/aromatic N) is 2.